The van der Waals surface area contributed by atoms with E-state index >= 15 is 0 Å². The maximum absolute atomic E-state index is 14.0. The number of carbonyl (C=O) groups is 3. The molecule has 2 aromatic heterocycles. The normalized spacial score (nSPS) is 26.4. The van der Waals surface area contributed by atoms with E-state index in [2.05, 4.69) is 30.5 Å². The zero-order valence-corrected chi connectivity index (χ0v) is 29.7. The molecule has 260 valence electrons. The summed E-state index contributed by atoms with van der Waals surface area (Å²) in [6, 6.07) is 4.37. The predicted octanol–water partition coefficient (Wildman–Crippen LogP) is 4.37. The van der Waals surface area contributed by atoms with E-state index in [0.717, 1.165) is 21.7 Å². The number of aromatic nitrogens is 2. The molecule has 3 aromatic rings. The van der Waals surface area contributed by atoms with E-state index in [1.807, 2.05) is 30.5 Å². The summed E-state index contributed by atoms with van der Waals surface area (Å²) in [7, 11) is -2.21. The molecule has 2 aliphatic heterocycles. The quantitative estimate of drug-likeness (QED) is 0.276. The maximum atomic E-state index is 14.0. The molecule has 0 spiro atoms. The molecule has 4 aliphatic rings. The monoisotopic (exact) mass is 707 g/mol. The zero-order chi connectivity index (χ0) is 34.8. The molecule has 5 atom stereocenters. The molecule has 0 radical (unpaired) electrons. The fraction of sp³-hybridized carbons (Fsp3) is 0.514. The Bertz CT molecular complexity index is 1970. The highest BCUT2D eigenvalue weighted by Crippen LogP contribution is 2.46. The van der Waals surface area contributed by atoms with Crippen LogP contribution in [-0.4, -0.2) is 77.1 Å². The standard InChI is InChI=1S/C35H41N5O7S2/c1-6-20-16-35(20,34(43)39-49(44,45)21-10-11-21)38-32(42)26-15-29(25-8-7-9-30(41)40(25)26)47-28-14-23(33-37-24(17-48-33)18(2)3)36-31-19(4)27(46-5)13-12-22(28)31/h6,12-14,17-18,20-21,25-26,29H,1,7-11,15-16H2,2-5H3,(H,38,42)(H,39,43)/t20-,25-,26+,29-,35-/m1/s1. The Labute approximate surface area is 289 Å². The minimum absolute atomic E-state index is 0.154. The lowest BCUT2D eigenvalue weighted by Gasteiger charge is -2.35. The van der Waals surface area contributed by atoms with Crippen molar-refractivity contribution >= 4 is 50.0 Å². The molecular formula is C35H41N5O7S2. The number of nitrogens with one attached hydrogen (secondary N) is 2. The minimum Gasteiger partial charge on any atom is -0.496 e. The van der Waals surface area contributed by atoms with Gasteiger partial charge in [0.05, 0.1) is 29.6 Å². The van der Waals surface area contributed by atoms with Gasteiger partial charge in [-0.2, -0.15) is 0 Å². The zero-order valence-electron chi connectivity index (χ0n) is 28.0. The second kappa shape index (κ2) is 12.4. The highest BCUT2D eigenvalue weighted by molar-refractivity contribution is 7.91. The van der Waals surface area contributed by atoms with Crippen LogP contribution in [0.4, 0.5) is 0 Å². The van der Waals surface area contributed by atoms with Crippen LogP contribution in [0.25, 0.3) is 21.6 Å². The van der Waals surface area contributed by atoms with Gasteiger partial charge in [0.1, 0.15) is 39.9 Å². The van der Waals surface area contributed by atoms with E-state index in [1.54, 1.807) is 18.1 Å². The average Bonchev–Trinajstić information content (AvgIpc) is 3.96. The van der Waals surface area contributed by atoms with E-state index in [9.17, 15) is 22.8 Å². The third-order valence-electron chi connectivity index (χ3n) is 10.3. The Hall–Kier alpha value is -4.04. The molecular weight excluding hydrogens is 667 g/mol. The number of amides is 3. The fourth-order valence-electron chi connectivity index (χ4n) is 7.19. The molecule has 2 saturated carbocycles. The number of benzene rings is 1. The van der Waals surface area contributed by atoms with Crippen molar-refractivity contribution in [3.05, 3.63) is 47.5 Å². The molecule has 7 rings (SSSR count). The van der Waals surface area contributed by atoms with Crippen molar-refractivity contribution in [1.82, 2.24) is 24.9 Å². The molecule has 1 aromatic carbocycles. The number of hydrogen-bond acceptors (Lipinski definition) is 10. The minimum atomic E-state index is -3.83. The summed E-state index contributed by atoms with van der Waals surface area (Å²) in [6.45, 7) is 9.90. The largest absolute Gasteiger partial charge is 0.496 e. The van der Waals surface area contributed by atoms with Gasteiger partial charge in [-0.25, -0.2) is 18.4 Å². The first-order chi connectivity index (χ1) is 23.4. The van der Waals surface area contributed by atoms with Crippen LogP contribution in [0, 0.1) is 12.8 Å². The topological polar surface area (TPSA) is 157 Å². The Morgan fingerprint density at radius 3 is 2.61 bits per heavy atom. The van der Waals surface area contributed by atoms with Crippen molar-refractivity contribution in [2.75, 3.05) is 7.11 Å². The lowest BCUT2D eigenvalue weighted by atomic mass is 10.00. The highest BCUT2D eigenvalue weighted by atomic mass is 32.2. The summed E-state index contributed by atoms with van der Waals surface area (Å²) in [5, 5.41) is 5.81. The van der Waals surface area contributed by atoms with Crippen LogP contribution in [0.5, 0.6) is 11.5 Å². The van der Waals surface area contributed by atoms with Gasteiger partial charge in [0.25, 0.3) is 5.91 Å². The van der Waals surface area contributed by atoms with Crippen molar-refractivity contribution in [2.45, 2.75) is 101 Å². The van der Waals surface area contributed by atoms with Crippen molar-refractivity contribution < 1.29 is 32.3 Å². The molecule has 3 amide bonds. The van der Waals surface area contributed by atoms with E-state index in [-0.39, 0.29) is 30.7 Å². The van der Waals surface area contributed by atoms with Gasteiger partial charge >= 0.3 is 0 Å². The van der Waals surface area contributed by atoms with Gasteiger partial charge in [0.2, 0.25) is 21.8 Å². The first kappa shape index (κ1) is 33.5. The van der Waals surface area contributed by atoms with Gasteiger partial charge in [-0.3, -0.25) is 19.1 Å². The van der Waals surface area contributed by atoms with Crippen LogP contribution in [0.15, 0.2) is 36.2 Å². The predicted molar refractivity (Wildman–Crippen MR) is 185 cm³/mol. The smallest absolute Gasteiger partial charge is 0.259 e. The van der Waals surface area contributed by atoms with E-state index in [1.165, 1.54) is 11.3 Å². The van der Waals surface area contributed by atoms with Crippen molar-refractivity contribution in [3.63, 3.8) is 0 Å². The number of piperidine rings is 1. The van der Waals surface area contributed by atoms with Crippen LogP contribution in [-0.2, 0) is 24.4 Å². The Morgan fingerprint density at radius 2 is 1.96 bits per heavy atom. The number of ether oxygens (including phenoxy) is 2. The number of aryl methyl sites for hydroxylation is 1. The van der Waals surface area contributed by atoms with Gasteiger partial charge in [0, 0.05) is 41.2 Å². The molecule has 49 heavy (non-hydrogen) atoms. The summed E-state index contributed by atoms with van der Waals surface area (Å²) in [6.07, 6.45) is 4.05. The van der Waals surface area contributed by atoms with Crippen molar-refractivity contribution in [2.24, 2.45) is 5.92 Å². The van der Waals surface area contributed by atoms with Crippen LogP contribution in [0.1, 0.15) is 76.0 Å². The summed E-state index contributed by atoms with van der Waals surface area (Å²) in [5.41, 5.74) is 1.73. The molecule has 4 heterocycles. The molecule has 4 fully saturated rings. The lowest BCUT2D eigenvalue weighted by Crippen LogP contribution is -2.57. The van der Waals surface area contributed by atoms with Crippen LogP contribution < -0.4 is 19.5 Å². The third-order valence-corrected chi connectivity index (χ3v) is 13.0. The molecule has 14 heteroatoms. The number of methoxy groups -OCH3 is 1. The van der Waals surface area contributed by atoms with Crippen LogP contribution in [0.3, 0.4) is 0 Å². The number of sulfonamides is 1. The van der Waals surface area contributed by atoms with Gasteiger partial charge < -0.3 is 19.7 Å². The number of rotatable bonds is 11. The van der Waals surface area contributed by atoms with Crippen LogP contribution in [0.2, 0.25) is 0 Å². The Balaban J connectivity index is 1.20. The Kier molecular flexibility index (Phi) is 8.45. The molecule has 0 unspecified atom stereocenters. The van der Waals surface area contributed by atoms with Gasteiger partial charge in [-0.05, 0) is 57.1 Å². The molecule has 0 bridgehead atoms. The van der Waals surface area contributed by atoms with Gasteiger partial charge in [-0.15, -0.1) is 17.9 Å². The Morgan fingerprint density at radius 1 is 1.18 bits per heavy atom. The van der Waals surface area contributed by atoms with Crippen molar-refractivity contribution in [3.8, 4) is 22.2 Å². The second-order valence-corrected chi connectivity index (χ2v) is 16.7. The summed E-state index contributed by atoms with van der Waals surface area (Å²) < 4.78 is 39.8. The molecule has 12 nitrogen and oxygen atoms in total. The second-order valence-electron chi connectivity index (χ2n) is 13.9. The number of fused-ring (bicyclic) bond motifs is 2. The number of pyridine rings is 1. The first-order valence-corrected chi connectivity index (χ1v) is 19.2. The molecule has 2 saturated heterocycles. The maximum Gasteiger partial charge on any atom is 0.259 e. The van der Waals surface area contributed by atoms with Gasteiger partial charge in [0.15, 0.2) is 0 Å². The summed E-state index contributed by atoms with van der Waals surface area (Å²) in [5.74, 6) is -0.369. The average molecular weight is 708 g/mol. The molecule has 2 N–H and O–H groups in total. The van der Waals surface area contributed by atoms with E-state index < -0.39 is 50.7 Å². The van der Waals surface area contributed by atoms with Gasteiger partial charge in [-0.1, -0.05) is 19.9 Å². The number of thiazole rings is 1. The first-order valence-electron chi connectivity index (χ1n) is 16.8. The lowest BCUT2D eigenvalue weighted by molar-refractivity contribution is -0.143. The number of carbonyl (C=O) groups excluding carboxylic acids is 3. The SMILES string of the molecule is C=C[C@@H]1C[C@]1(NC(=O)[C@@H]1C[C@@H](Oc2cc(-c3nc(C(C)C)cs3)nc3c(C)c(OC)ccc23)[C@H]2CCCC(=O)N21)C(=O)NS(=O)(=O)C1CC1. The van der Waals surface area contributed by atoms with E-state index in [4.69, 9.17) is 19.4 Å². The number of hydrogen-bond donors (Lipinski definition) is 2. The van der Waals surface area contributed by atoms with Crippen molar-refractivity contribution in [1.29, 1.82) is 0 Å². The number of nitrogens with zero attached hydrogens (tertiary/aromatic N) is 3. The fourth-order valence-corrected chi connectivity index (χ4v) is 9.50. The summed E-state index contributed by atoms with van der Waals surface area (Å²) >= 11 is 1.51. The summed E-state index contributed by atoms with van der Waals surface area (Å²) in [4.78, 5) is 52.2. The van der Waals surface area contributed by atoms with Crippen LogP contribution >= 0.6 is 11.3 Å². The van der Waals surface area contributed by atoms with E-state index in [0.29, 0.717) is 54.8 Å². The third kappa shape index (κ3) is 5.96. The molecule has 2 aliphatic carbocycles. The highest BCUT2D eigenvalue weighted by Gasteiger charge is 2.62.